The third kappa shape index (κ3) is 6.45. The van der Waals surface area contributed by atoms with Gasteiger partial charge in [0, 0.05) is 35.8 Å². The maximum absolute atomic E-state index is 14.8. The van der Waals surface area contributed by atoms with Gasteiger partial charge in [-0.05, 0) is 55.3 Å². The van der Waals surface area contributed by atoms with E-state index in [-0.39, 0.29) is 17.7 Å². The largest absolute Gasteiger partial charge is 0.322 e. The molecule has 0 bridgehead atoms. The standard InChI is InChI=1S/C25H24ClF2N5O2/c26-16-7-9-17(10-8-16)29-25(35)31-23(19-5-1-2-6-20(19)27)24(34)30-22-12-11-18(15-21(22)28)32-33-13-3-4-14-33/h1-2,5-12,23H,3-4,13-15H2,(H,30,34)(H2,29,31,35). The molecular weight excluding hydrogens is 476 g/mol. The molecule has 3 N–H and O–H groups in total. The Morgan fingerprint density at radius 3 is 2.37 bits per heavy atom. The van der Waals surface area contributed by atoms with Crippen LogP contribution in [-0.4, -0.2) is 35.7 Å². The van der Waals surface area contributed by atoms with Gasteiger partial charge in [0.05, 0.1) is 11.4 Å². The Labute approximate surface area is 206 Å². The molecule has 2 aromatic carbocycles. The summed E-state index contributed by atoms with van der Waals surface area (Å²) in [6.07, 6.45) is 5.08. The van der Waals surface area contributed by atoms with Gasteiger partial charge in [0.15, 0.2) is 0 Å². The molecule has 4 rings (SSSR count). The Balaban J connectivity index is 1.48. The van der Waals surface area contributed by atoms with Gasteiger partial charge in [0.1, 0.15) is 17.7 Å². The first-order chi connectivity index (χ1) is 16.9. The van der Waals surface area contributed by atoms with E-state index in [0.717, 1.165) is 25.9 Å². The lowest BCUT2D eigenvalue weighted by molar-refractivity contribution is -0.122. The minimum Gasteiger partial charge on any atom is -0.322 e. The van der Waals surface area contributed by atoms with Crippen LogP contribution in [-0.2, 0) is 4.79 Å². The van der Waals surface area contributed by atoms with Crippen molar-refractivity contribution in [2.24, 2.45) is 5.10 Å². The summed E-state index contributed by atoms with van der Waals surface area (Å²) < 4.78 is 29.3. The summed E-state index contributed by atoms with van der Waals surface area (Å²) in [4.78, 5) is 25.7. The maximum Gasteiger partial charge on any atom is 0.320 e. The smallest absolute Gasteiger partial charge is 0.320 e. The number of benzene rings is 2. The molecule has 2 aliphatic rings. The molecule has 1 aliphatic carbocycles. The molecule has 1 heterocycles. The van der Waals surface area contributed by atoms with Crippen molar-refractivity contribution in [3.63, 3.8) is 0 Å². The molecule has 0 radical (unpaired) electrons. The van der Waals surface area contributed by atoms with Crippen LogP contribution in [0, 0.1) is 5.82 Å². The number of nitrogens with zero attached hydrogens (tertiary/aromatic N) is 2. The minimum atomic E-state index is -1.42. The first-order valence-corrected chi connectivity index (χ1v) is 11.5. The Morgan fingerprint density at radius 1 is 0.971 bits per heavy atom. The monoisotopic (exact) mass is 499 g/mol. The number of hydrogen-bond acceptors (Lipinski definition) is 4. The van der Waals surface area contributed by atoms with Crippen LogP contribution in [0.2, 0.25) is 5.02 Å². The van der Waals surface area contributed by atoms with Gasteiger partial charge in [-0.25, -0.2) is 13.6 Å². The highest BCUT2D eigenvalue weighted by molar-refractivity contribution is 6.30. The zero-order valence-corrected chi connectivity index (χ0v) is 19.5. The van der Waals surface area contributed by atoms with Crippen LogP contribution < -0.4 is 16.0 Å². The summed E-state index contributed by atoms with van der Waals surface area (Å²) in [6.45, 7) is 1.67. The second kappa shape index (κ2) is 11.1. The second-order valence-corrected chi connectivity index (χ2v) is 8.57. The topological polar surface area (TPSA) is 85.8 Å². The Hall–Kier alpha value is -3.72. The van der Waals surface area contributed by atoms with E-state index in [2.05, 4.69) is 21.1 Å². The van der Waals surface area contributed by atoms with E-state index >= 15 is 0 Å². The molecule has 1 saturated heterocycles. The fraction of sp³-hybridized carbons (Fsp3) is 0.240. The van der Waals surface area contributed by atoms with E-state index in [0.29, 0.717) is 16.4 Å². The average Bonchev–Trinajstić information content (AvgIpc) is 3.34. The zero-order valence-electron chi connectivity index (χ0n) is 18.7. The van der Waals surface area contributed by atoms with Crippen molar-refractivity contribution in [1.29, 1.82) is 0 Å². The molecule has 1 atom stereocenters. The van der Waals surface area contributed by atoms with Crippen molar-refractivity contribution in [3.05, 3.63) is 88.6 Å². The molecule has 182 valence electrons. The SMILES string of the molecule is O=C(Nc1ccc(Cl)cc1)NC(C(=O)NC1=C(F)CC(=NN2CCCC2)C=C1)c1ccccc1F. The minimum absolute atomic E-state index is 0.0587. The van der Waals surface area contributed by atoms with Crippen LogP contribution in [0.4, 0.5) is 19.3 Å². The third-order valence-corrected chi connectivity index (χ3v) is 5.79. The Bertz CT molecular complexity index is 1190. The quantitative estimate of drug-likeness (QED) is 0.520. The summed E-state index contributed by atoms with van der Waals surface area (Å²) in [5.74, 6) is -2.05. The van der Waals surface area contributed by atoms with Crippen molar-refractivity contribution in [3.8, 4) is 0 Å². The third-order valence-electron chi connectivity index (χ3n) is 5.54. The van der Waals surface area contributed by atoms with Crippen molar-refractivity contribution in [2.45, 2.75) is 25.3 Å². The van der Waals surface area contributed by atoms with E-state index in [9.17, 15) is 18.4 Å². The molecule has 0 saturated carbocycles. The first kappa shape index (κ1) is 24.4. The van der Waals surface area contributed by atoms with E-state index in [1.54, 1.807) is 36.4 Å². The van der Waals surface area contributed by atoms with Crippen LogP contribution in [0.25, 0.3) is 0 Å². The molecule has 1 fully saturated rings. The number of halogens is 3. The van der Waals surface area contributed by atoms with Crippen LogP contribution in [0.15, 0.2) is 77.3 Å². The van der Waals surface area contributed by atoms with Crippen molar-refractivity contribution in [1.82, 2.24) is 15.6 Å². The van der Waals surface area contributed by atoms with Crippen LogP contribution in [0.3, 0.4) is 0 Å². The molecule has 0 spiro atoms. The summed E-state index contributed by atoms with van der Waals surface area (Å²) in [5, 5.41) is 14.3. The molecule has 0 aromatic heterocycles. The number of carbonyl (C=O) groups is 2. The number of anilines is 1. The number of rotatable bonds is 6. The van der Waals surface area contributed by atoms with E-state index in [1.165, 1.54) is 24.3 Å². The van der Waals surface area contributed by atoms with E-state index in [1.807, 2.05) is 5.01 Å². The lowest BCUT2D eigenvalue weighted by Gasteiger charge is -2.21. The summed E-state index contributed by atoms with van der Waals surface area (Å²) in [6, 6.07) is 9.73. The van der Waals surface area contributed by atoms with Gasteiger partial charge in [-0.3, -0.25) is 9.80 Å². The molecule has 10 heteroatoms. The molecular formula is C25H24ClF2N5O2. The van der Waals surface area contributed by atoms with Gasteiger partial charge >= 0.3 is 6.03 Å². The number of nitrogens with one attached hydrogen (secondary N) is 3. The maximum atomic E-state index is 14.8. The summed E-state index contributed by atoms with van der Waals surface area (Å²) in [7, 11) is 0. The number of allylic oxidation sites excluding steroid dienone is 3. The van der Waals surface area contributed by atoms with Gasteiger partial charge in [-0.2, -0.15) is 5.10 Å². The summed E-state index contributed by atoms with van der Waals surface area (Å²) >= 11 is 5.85. The normalized spacial score (nSPS) is 17.5. The summed E-state index contributed by atoms with van der Waals surface area (Å²) in [5.41, 5.74) is 0.854. The van der Waals surface area contributed by atoms with Gasteiger partial charge in [0.2, 0.25) is 0 Å². The van der Waals surface area contributed by atoms with Crippen LogP contribution >= 0.6 is 11.6 Å². The highest BCUT2D eigenvalue weighted by Crippen LogP contribution is 2.22. The van der Waals surface area contributed by atoms with E-state index < -0.39 is 29.6 Å². The number of hydrazone groups is 1. The van der Waals surface area contributed by atoms with Gasteiger partial charge in [-0.1, -0.05) is 29.8 Å². The molecule has 1 unspecified atom stereocenters. The van der Waals surface area contributed by atoms with Crippen molar-refractivity contribution in [2.75, 3.05) is 18.4 Å². The van der Waals surface area contributed by atoms with Gasteiger partial charge in [-0.15, -0.1) is 0 Å². The Morgan fingerprint density at radius 2 is 1.69 bits per heavy atom. The number of amides is 3. The zero-order chi connectivity index (χ0) is 24.8. The molecule has 1 aliphatic heterocycles. The van der Waals surface area contributed by atoms with Crippen molar-refractivity contribution >= 4 is 34.9 Å². The van der Waals surface area contributed by atoms with Gasteiger partial charge in [0.25, 0.3) is 5.91 Å². The molecule has 2 aromatic rings. The first-order valence-electron chi connectivity index (χ1n) is 11.2. The molecule has 35 heavy (non-hydrogen) atoms. The number of carbonyl (C=O) groups excluding carboxylic acids is 2. The number of hydrogen-bond donors (Lipinski definition) is 3. The lowest BCUT2D eigenvalue weighted by Crippen LogP contribution is -2.42. The van der Waals surface area contributed by atoms with Crippen molar-refractivity contribution < 1.29 is 18.4 Å². The van der Waals surface area contributed by atoms with Crippen LogP contribution in [0.1, 0.15) is 30.9 Å². The fourth-order valence-electron chi connectivity index (χ4n) is 3.77. The number of urea groups is 1. The average molecular weight is 500 g/mol. The predicted molar refractivity (Wildman–Crippen MR) is 131 cm³/mol. The molecule has 7 nitrogen and oxygen atoms in total. The molecule has 3 amide bonds. The predicted octanol–water partition coefficient (Wildman–Crippen LogP) is 5.05. The Kier molecular flexibility index (Phi) is 7.77. The van der Waals surface area contributed by atoms with Crippen LogP contribution in [0.5, 0.6) is 0 Å². The second-order valence-electron chi connectivity index (χ2n) is 8.13. The highest BCUT2D eigenvalue weighted by Gasteiger charge is 2.27. The fourth-order valence-corrected chi connectivity index (χ4v) is 3.90. The highest BCUT2D eigenvalue weighted by atomic mass is 35.5. The van der Waals surface area contributed by atoms with Gasteiger partial charge < -0.3 is 16.0 Å². The van der Waals surface area contributed by atoms with E-state index in [4.69, 9.17) is 11.6 Å². The lowest BCUT2D eigenvalue weighted by atomic mass is 10.0.